The van der Waals surface area contributed by atoms with Gasteiger partial charge in [-0.15, -0.1) is 0 Å². The Morgan fingerprint density at radius 3 is 2.50 bits per heavy atom. The van der Waals surface area contributed by atoms with Crippen LogP contribution in [0.5, 0.6) is 5.75 Å². The predicted octanol–water partition coefficient (Wildman–Crippen LogP) is 4.01. The van der Waals surface area contributed by atoms with Crippen molar-refractivity contribution in [3.8, 4) is 17.1 Å². The second-order valence-corrected chi connectivity index (χ2v) is 8.91. The van der Waals surface area contributed by atoms with Crippen LogP contribution >= 0.6 is 23.2 Å². The van der Waals surface area contributed by atoms with Crippen molar-refractivity contribution in [2.45, 2.75) is 12.3 Å². The van der Waals surface area contributed by atoms with E-state index in [1.807, 2.05) is 0 Å². The number of hydrogen-bond donors (Lipinski definition) is 0. The van der Waals surface area contributed by atoms with Crippen molar-refractivity contribution >= 4 is 33.2 Å². The molecule has 3 aromatic rings. The van der Waals surface area contributed by atoms with Crippen molar-refractivity contribution in [3.05, 3.63) is 64.0 Å². The summed E-state index contributed by atoms with van der Waals surface area (Å²) in [5.74, 6) is 0.987. The predicted molar refractivity (Wildman–Crippen MR) is 107 cm³/mol. The van der Waals surface area contributed by atoms with E-state index in [1.54, 1.807) is 43.5 Å². The molecule has 0 saturated carbocycles. The first-order valence-electron chi connectivity index (χ1n) is 8.13. The molecule has 0 amide bonds. The van der Waals surface area contributed by atoms with Crippen LogP contribution < -0.4 is 4.74 Å². The van der Waals surface area contributed by atoms with Crippen molar-refractivity contribution in [1.29, 1.82) is 0 Å². The maximum Gasteiger partial charge on any atom is 0.242 e. The number of nitrogens with zero attached hydrogens (tertiary/aromatic N) is 3. The molecule has 0 aliphatic rings. The fourth-order valence-corrected chi connectivity index (χ4v) is 4.14. The summed E-state index contributed by atoms with van der Waals surface area (Å²) >= 11 is 11.9. The van der Waals surface area contributed by atoms with Gasteiger partial charge >= 0.3 is 0 Å². The second-order valence-electron chi connectivity index (χ2n) is 5.99. The van der Waals surface area contributed by atoms with Gasteiger partial charge in [0.2, 0.25) is 21.7 Å². The Bertz CT molecular complexity index is 1070. The van der Waals surface area contributed by atoms with Gasteiger partial charge in [0.1, 0.15) is 5.75 Å². The maximum atomic E-state index is 12.6. The second kappa shape index (κ2) is 8.48. The van der Waals surface area contributed by atoms with Gasteiger partial charge in [-0.1, -0.05) is 34.4 Å². The van der Waals surface area contributed by atoms with E-state index in [2.05, 4.69) is 10.1 Å². The highest BCUT2D eigenvalue weighted by atomic mass is 35.5. The molecule has 10 heteroatoms. The van der Waals surface area contributed by atoms with E-state index in [0.717, 1.165) is 9.87 Å². The lowest BCUT2D eigenvalue weighted by molar-refractivity contribution is 0.336. The number of benzene rings is 2. The van der Waals surface area contributed by atoms with Crippen LogP contribution in [0.15, 0.2) is 47.0 Å². The summed E-state index contributed by atoms with van der Waals surface area (Å²) in [5.41, 5.74) is 1.19. The number of sulfonamides is 1. The molecule has 0 fully saturated rings. The average molecular weight is 442 g/mol. The summed E-state index contributed by atoms with van der Waals surface area (Å²) in [6.07, 6.45) is 0. The van der Waals surface area contributed by atoms with E-state index in [4.69, 9.17) is 32.5 Å². The zero-order chi connectivity index (χ0) is 20.3. The Hall–Kier alpha value is -2.13. The molecule has 0 atom stereocenters. The molecule has 1 heterocycles. The molecule has 148 valence electrons. The van der Waals surface area contributed by atoms with Crippen LogP contribution in [0.3, 0.4) is 0 Å². The number of halogens is 2. The fraction of sp³-hybridized carbons (Fsp3) is 0.222. The van der Waals surface area contributed by atoms with Gasteiger partial charge in [-0.2, -0.15) is 9.29 Å². The van der Waals surface area contributed by atoms with E-state index in [1.165, 1.54) is 13.1 Å². The number of rotatable bonds is 7. The van der Waals surface area contributed by atoms with Gasteiger partial charge in [-0.25, -0.2) is 8.42 Å². The van der Waals surface area contributed by atoms with Crippen LogP contribution in [0.25, 0.3) is 11.4 Å². The Morgan fingerprint density at radius 2 is 1.86 bits per heavy atom. The SMILES string of the molecule is COc1ccc(-c2noc(CN(C)S(=O)(=O)Cc3ccc(Cl)cc3Cl)n2)cc1. The zero-order valence-electron chi connectivity index (χ0n) is 15.1. The minimum absolute atomic E-state index is 0.0588. The van der Waals surface area contributed by atoms with Gasteiger partial charge < -0.3 is 9.26 Å². The maximum absolute atomic E-state index is 12.6. The average Bonchev–Trinajstić information content (AvgIpc) is 3.12. The van der Waals surface area contributed by atoms with Crippen molar-refractivity contribution in [1.82, 2.24) is 14.4 Å². The topological polar surface area (TPSA) is 85.5 Å². The summed E-state index contributed by atoms with van der Waals surface area (Å²) < 4.78 is 36.7. The standard InChI is InChI=1S/C18H17Cl2N3O4S/c1-23(28(24,25)11-13-3-6-14(19)9-16(13)20)10-17-21-18(22-27-17)12-4-7-15(26-2)8-5-12/h3-9H,10-11H2,1-2H3. The fourth-order valence-electron chi connectivity index (χ4n) is 2.41. The highest BCUT2D eigenvalue weighted by Gasteiger charge is 2.22. The van der Waals surface area contributed by atoms with Crippen LogP contribution in [-0.2, 0) is 22.3 Å². The molecular weight excluding hydrogens is 425 g/mol. The van der Waals surface area contributed by atoms with Crippen LogP contribution in [-0.4, -0.2) is 37.0 Å². The molecule has 2 aromatic carbocycles. The van der Waals surface area contributed by atoms with Gasteiger partial charge in [-0.3, -0.25) is 0 Å². The third kappa shape index (κ3) is 4.82. The van der Waals surface area contributed by atoms with Gasteiger partial charge in [0.25, 0.3) is 0 Å². The molecule has 0 aliphatic heterocycles. The van der Waals surface area contributed by atoms with E-state index in [-0.39, 0.29) is 18.2 Å². The summed E-state index contributed by atoms with van der Waals surface area (Å²) in [4.78, 5) is 4.26. The first kappa shape index (κ1) is 20.6. The van der Waals surface area contributed by atoms with Gasteiger partial charge in [0, 0.05) is 22.7 Å². The largest absolute Gasteiger partial charge is 0.497 e. The van der Waals surface area contributed by atoms with E-state index in [9.17, 15) is 8.42 Å². The molecule has 1 aromatic heterocycles. The molecule has 3 rings (SSSR count). The number of hydrogen-bond acceptors (Lipinski definition) is 6. The third-order valence-corrected chi connectivity index (χ3v) is 6.34. The molecule has 0 saturated heterocycles. The minimum atomic E-state index is -3.65. The lowest BCUT2D eigenvalue weighted by Crippen LogP contribution is -2.28. The zero-order valence-corrected chi connectivity index (χ0v) is 17.4. The Morgan fingerprint density at radius 1 is 1.14 bits per heavy atom. The van der Waals surface area contributed by atoms with Crippen molar-refractivity contribution in [3.63, 3.8) is 0 Å². The summed E-state index contributed by atoms with van der Waals surface area (Å²) in [6, 6.07) is 11.8. The molecule has 0 bridgehead atoms. The highest BCUT2D eigenvalue weighted by molar-refractivity contribution is 7.88. The molecular formula is C18H17Cl2N3O4S. The van der Waals surface area contributed by atoms with E-state index in [0.29, 0.717) is 27.2 Å². The number of ether oxygens (including phenoxy) is 1. The van der Waals surface area contributed by atoms with Crippen LogP contribution in [0, 0.1) is 0 Å². The van der Waals surface area contributed by atoms with Crippen molar-refractivity contribution in [2.75, 3.05) is 14.2 Å². The van der Waals surface area contributed by atoms with E-state index < -0.39 is 10.0 Å². The van der Waals surface area contributed by atoms with Crippen molar-refractivity contribution in [2.24, 2.45) is 0 Å². The van der Waals surface area contributed by atoms with Crippen molar-refractivity contribution < 1.29 is 17.7 Å². The third-order valence-electron chi connectivity index (χ3n) is 4.00. The number of methoxy groups -OCH3 is 1. The molecule has 0 spiro atoms. The molecule has 0 aliphatic carbocycles. The summed E-state index contributed by atoms with van der Waals surface area (Å²) in [7, 11) is -0.631. The molecule has 0 unspecified atom stereocenters. The molecule has 0 N–H and O–H groups in total. The molecule has 0 radical (unpaired) electrons. The first-order chi connectivity index (χ1) is 13.3. The normalized spacial score (nSPS) is 11.8. The van der Waals surface area contributed by atoms with Crippen LogP contribution in [0.1, 0.15) is 11.5 Å². The first-order valence-corrected chi connectivity index (χ1v) is 10.5. The highest BCUT2D eigenvalue weighted by Crippen LogP contribution is 2.24. The quantitative estimate of drug-likeness (QED) is 0.550. The molecule has 7 nitrogen and oxygen atoms in total. The smallest absolute Gasteiger partial charge is 0.242 e. The lowest BCUT2D eigenvalue weighted by atomic mass is 10.2. The Kier molecular flexibility index (Phi) is 6.24. The Labute approximate surface area is 172 Å². The summed E-state index contributed by atoms with van der Waals surface area (Å²) in [5, 5.41) is 4.64. The van der Waals surface area contributed by atoms with Gasteiger partial charge in [0.15, 0.2) is 0 Å². The minimum Gasteiger partial charge on any atom is -0.497 e. The van der Waals surface area contributed by atoms with Crippen LogP contribution in [0.2, 0.25) is 10.0 Å². The summed E-state index contributed by atoms with van der Waals surface area (Å²) in [6.45, 7) is -0.0588. The van der Waals surface area contributed by atoms with Gasteiger partial charge in [0.05, 0.1) is 19.4 Å². The van der Waals surface area contributed by atoms with Crippen LogP contribution in [0.4, 0.5) is 0 Å². The monoisotopic (exact) mass is 441 g/mol. The number of aromatic nitrogens is 2. The lowest BCUT2D eigenvalue weighted by Gasteiger charge is -2.15. The Balaban J connectivity index is 1.71. The van der Waals surface area contributed by atoms with Gasteiger partial charge in [-0.05, 0) is 42.0 Å². The molecule has 28 heavy (non-hydrogen) atoms. The van der Waals surface area contributed by atoms with E-state index >= 15 is 0 Å².